The van der Waals surface area contributed by atoms with Gasteiger partial charge in [0.1, 0.15) is 10.8 Å². The maximum absolute atomic E-state index is 12.5. The molecule has 2 aromatic rings. The maximum Gasteiger partial charge on any atom is 0.231 e. The average molecular weight is 398 g/mol. The molecule has 1 aliphatic heterocycles. The molecule has 2 heterocycles. The van der Waals surface area contributed by atoms with Gasteiger partial charge in [0.15, 0.2) is 5.82 Å². The molecule has 0 saturated carbocycles. The first-order valence-corrected chi connectivity index (χ1v) is 9.45. The Morgan fingerprint density at radius 2 is 2.27 bits per heavy atom. The Morgan fingerprint density at radius 1 is 1.42 bits per heavy atom. The summed E-state index contributed by atoms with van der Waals surface area (Å²) in [5.74, 6) is 2.03. The van der Waals surface area contributed by atoms with Gasteiger partial charge in [-0.3, -0.25) is 4.79 Å². The van der Waals surface area contributed by atoms with Crippen molar-refractivity contribution in [3.8, 4) is 5.75 Å². The number of piperidine rings is 1. The highest BCUT2D eigenvalue weighted by Gasteiger charge is 2.27. The molecule has 140 valence electrons. The molecule has 8 heteroatoms. The molecule has 0 spiro atoms. The van der Waals surface area contributed by atoms with Crippen LogP contribution in [0.1, 0.15) is 43.3 Å². The van der Waals surface area contributed by atoms with Crippen molar-refractivity contribution in [2.24, 2.45) is 0 Å². The predicted octanol–water partition coefficient (Wildman–Crippen LogP) is 4.25. The third-order valence-electron chi connectivity index (χ3n) is 4.38. The van der Waals surface area contributed by atoms with Gasteiger partial charge in [0.25, 0.3) is 0 Å². The van der Waals surface area contributed by atoms with E-state index in [4.69, 9.17) is 32.5 Å². The SMILES string of the molecule is Cc1noc(C2CCCN(C(=O)CCCOc3cccc(Cl)c3Cl)C2)n1. The molecular weight excluding hydrogens is 377 g/mol. The second kappa shape index (κ2) is 8.73. The number of hydrogen-bond acceptors (Lipinski definition) is 5. The molecule has 3 rings (SSSR count). The fourth-order valence-electron chi connectivity index (χ4n) is 3.04. The molecule has 1 aromatic heterocycles. The van der Waals surface area contributed by atoms with Crippen LogP contribution in [0.25, 0.3) is 0 Å². The van der Waals surface area contributed by atoms with E-state index in [9.17, 15) is 4.79 Å². The number of aryl methyl sites for hydroxylation is 1. The fourth-order valence-corrected chi connectivity index (χ4v) is 3.39. The summed E-state index contributed by atoms with van der Waals surface area (Å²) in [5, 5.41) is 4.69. The van der Waals surface area contributed by atoms with Crippen LogP contribution in [0.3, 0.4) is 0 Å². The highest BCUT2D eigenvalue weighted by Crippen LogP contribution is 2.31. The summed E-state index contributed by atoms with van der Waals surface area (Å²) < 4.78 is 10.9. The molecule has 0 radical (unpaired) electrons. The van der Waals surface area contributed by atoms with Crippen molar-refractivity contribution in [1.29, 1.82) is 0 Å². The van der Waals surface area contributed by atoms with Crippen LogP contribution in [0.2, 0.25) is 10.0 Å². The van der Waals surface area contributed by atoms with Gasteiger partial charge < -0.3 is 14.2 Å². The minimum absolute atomic E-state index is 0.117. The summed E-state index contributed by atoms with van der Waals surface area (Å²) in [6, 6.07) is 5.25. The number of aromatic nitrogens is 2. The van der Waals surface area contributed by atoms with E-state index >= 15 is 0 Å². The highest BCUT2D eigenvalue weighted by molar-refractivity contribution is 6.42. The van der Waals surface area contributed by atoms with Crippen LogP contribution in [0.4, 0.5) is 0 Å². The van der Waals surface area contributed by atoms with E-state index in [0.717, 1.165) is 19.4 Å². The molecule has 0 N–H and O–H groups in total. The van der Waals surface area contributed by atoms with Crippen LogP contribution in [-0.4, -0.2) is 40.6 Å². The molecule has 0 aliphatic carbocycles. The molecular formula is C18H21Cl2N3O3. The molecule has 1 unspecified atom stereocenters. The number of nitrogens with zero attached hydrogens (tertiary/aromatic N) is 3. The van der Waals surface area contributed by atoms with Crippen molar-refractivity contribution in [3.05, 3.63) is 40.0 Å². The summed E-state index contributed by atoms with van der Waals surface area (Å²) in [6.07, 6.45) is 2.94. The number of rotatable bonds is 6. The zero-order valence-corrected chi connectivity index (χ0v) is 16.1. The predicted molar refractivity (Wildman–Crippen MR) is 98.8 cm³/mol. The molecule has 1 aromatic carbocycles. The van der Waals surface area contributed by atoms with E-state index < -0.39 is 0 Å². The molecule has 1 atom stereocenters. The Morgan fingerprint density at radius 3 is 3.04 bits per heavy atom. The van der Waals surface area contributed by atoms with Gasteiger partial charge in [-0.15, -0.1) is 0 Å². The van der Waals surface area contributed by atoms with Gasteiger partial charge in [-0.2, -0.15) is 4.98 Å². The van der Waals surface area contributed by atoms with Crippen LogP contribution in [0.5, 0.6) is 5.75 Å². The average Bonchev–Trinajstić information content (AvgIpc) is 3.08. The Balaban J connectivity index is 1.45. The number of halogens is 2. The van der Waals surface area contributed by atoms with Crippen molar-refractivity contribution in [2.75, 3.05) is 19.7 Å². The number of hydrogen-bond donors (Lipinski definition) is 0. The molecule has 1 aliphatic rings. The quantitative estimate of drug-likeness (QED) is 0.681. The summed E-state index contributed by atoms with van der Waals surface area (Å²) in [5.41, 5.74) is 0. The van der Waals surface area contributed by atoms with Crippen molar-refractivity contribution in [1.82, 2.24) is 15.0 Å². The van der Waals surface area contributed by atoms with Crippen molar-refractivity contribution < 1.29 is 14.1 Å². The lowest BCUT2D eigenvalue weighted by atomic mass is 9.97. The summed E-state index contributed by atoms with van der Waals surface area (Å²) in [4.78, 5) is 18.6. The van der Waals surface area contributed by atoms with E-state index in [1.165, 1.54) is 0 Å². The van der Waals surface area contributed by atoms with Gasteiger partial charge in [-0.1, -0.05) is 34.4 Å². The molecule has 6 nitrogen and oxygen atoms in total. The molecule has 1 amide bonds. The molecule has 0 bridgehead atoms. The van der Waals surface area contributed by atoms with Gasteiger partial charge in [-0.25, -0.2) is 0 Å². The zero-order valence-electron chi connectivity index (χ0n) is 14.6. The first-order valence-electron chi connectivity index (χ1n) is 8.69. The monoisotopic (exact) mass is 397 g/mol. The third kappa shape index (κ3) is 4.68. The largest absolute Gasteiger partial charge is 0.492 e. The van der Waals surface area contributed by atoms with Crippen molar-refractivity contribution >= 4 is 29.1 Å². The summed E-state index contributed by atoms with van der Waals surface area (Å²) in [7, 11) is 0. The molecule has 1 fully saturated rings. The highest BCUT2D eigenvalue weighted by atomic mass is 35.5. The topological polar surface area (TPSA) is 68.5 Å². The maximum atomic E-state index is 12.5. The second-order valence-corrected chi connectivity index (χ2v) is 7.15. The van der Waals surface area contributed by atoms with Gasteiger partial charge in [0.05, 0.1) is 17.5 Å². The molecule has 26 heavy (non-hydrogen) atoms. The molecule has 1 saturated heterocycles. The van der Waals surface area contributed by atoms with Crippen LogP contribution in [-0.2, 0) is 4.79 Å². The smallest absolute Gasteiger partial charge is 0.231 e. The number of likely N-dealkylation sites (tertiary alicyclic amines) is 1. The van der Waals surface area contributed by atoms with Crippen LogP contribution in [0.15, 0.2) is 22.7 Å². The van der Waals surface area contributed by atoms with E-state index in [-0.39, 0.29) is 11.8 Å². The van der Waals surface area contributed by atoms with Crippen LogP contribution in [0, 0.1) is 6.92 Å². The van der Waals surface area contributed by atoms with Crippen LogP contribution >= 0.6 is 23.2 Å². The number of ether oxygens (including phenoxy) is 1. The van der Waals surface area contributed by atoms with Gasteiger partial charge in [-0.05, 0) is 38.3 Å². The summed E-state index contributed by atoms with van der Waals surface area (Å²) >= 11 is 12.0. The fraction of sp³-hybridized carbons (Fsp3) is 0.500. The van der Waals surface area contributed by atoms with Gasteiger partial charge >= 0.3 is 0 Å². The first-order chi connectivity index (χ1) is 12.5. The van der Waals surface area contributed by atoms with Crippen molar-refractivity contribution in [3.63, 3.8) is 0 Å². The Kier molecular flexibility index (Phi) is 6.38. The minimum Gasteiger partial charge on any atom is -0.492 e. The van der Waals surface area contributed by atoms with Gasteiger partial charge in [0.2, 0.25) is 11.8 Å². The number of carbonyl (C=O) groups is 1. The lowest BCUT2D eigenvalue weighted by molar-refractivity contribution is -0.132. The van der Waals surface area contributed by atoms with Crippen molar-refractivity contribution in [2.45, 2.75) is 38.5 Å². The van der Waals surface area contributed by atoms with Crippen LogP contribution < -0.4 is 4.74 Å². The number of benzene rings is 1. The standard InChI is InChI=1S/C18H21Cl2N3O3/c1-12-21-18(26-22-12)13-5-3-9-23(11-13)16(24)8-4-10-25-15-7-2-6-14(19)17(15)20/h2,6-7,13H,3-5,8-11H2,1H3. The van der Waals surface area contributed by atoms with E-state index in [1.807, 2.05) is 4.90 Å². The zero-order chi connectivity index (χ0) is 18.5. The Bertz CT molecular complexity index is 766. The third-order valence-corrected chi connectivity index (χ3v) is 5.18. The Hall–Kier alpha value is -1.79. The van der Waals surface area contributed by atoms with E-state index in [1.54, 1.807) is 25.1 Å². The Labute approximate surface area is 162 Å². The van der Waals surface area contributed by atoms with E-state index in [0.29, 0.717) is 53.5 Å². The second-order valence-electron chi connectivity index (χ2n) is 6.36. The number of amides is 1. The van der Waals surface area contributed by atoms with Gasteiger partial charge in [0, 0.05) is 19.5 Å². The summed E-state index contributed by atoms with van der Waals surface area (Å²) in [6.45, 7) is 3.60. The van der Waals surface area contributed by atoms with E-state index in [2.05, 4.69) is 10.1 Å². The number of carbonyl (C=O) groups excluding carboxylic acids is 1. The first kappa shape index (κ1) is 19.0. The minimum atomic E-state index is 0.117. The lowest BCUT2D eigenvalue weighted by Gasteiger charge is -2.31. The lowest BCUT2D eigenvalue weighted by Crippen LogP contribution is -2.39. The normalized spacial score (nSPS) is 17.3.